The quantitative estimate of drug-likeness (QED) is 0.637. The first-order chi connectivity index (χ1) is 14.0. The summed E-state index contributed by atoms with van der Waals surface area (Å²) in [6, 6.07) is 13.3. The number of nitrogens with zero attached hydrogens (tertiary/aromatic N) is 3. The van der Waals surface area contributed by atoms with Crippen LogP contribution in [0.4, 0.5) is 15.9 Å². The van der Waals surface area contributed by atoms with Crippen molar-refractivity contribution in [1.82, 2.24) is 9.78 Å². The molecule has 0 aliphatic carbocycles. The van der Waals surface area contributed by atoms with Crippen LogP contribution in [0.15, 0.2) is 53.0 Å². The van der Waals surface area contributed by atoms with Gasteiger partial charge in [0.15, 0.2) is 0 Å². The van der Waals surface area contributed by atoms with Gasteiger partial charge in [0.25, 0.3) is 5.91 Å². The molecule has 1 N–H and O–H groups in total. The fraction of sp³-hybridized carbons (Fsp3) is 0.238. The second kappa shape index (κ2) is 8.34. The molecule has 0 bridgehead atoms. The molecule has 0 saturated carbocycles. The zero-order chi connectivity index (χ0) is 20.4. The highest BCUT2D eigenvalue weighted by Gasteiger charge is 2.17. The van der Waals surface area contributed by atoms with Crippen molar-refractivity contribution in [2.24, 2.45) is 0 Å². The van der Waals surface area contributed by atoms with Gasteiger partial charge in [-0.2, -0.15) is 5.10 Å². The van der Waals surface area contributed by atoms with Crippen molar-refractivity contribution in [1.29, 1.82) is 0 Å². The molecule has 3 aromatic rings. The van der Waals surface area contributed by atoms with Crippen LogP contribution >= 0.6 is 15.9 Å². The Balaban J connectivity index is 1.55. The predicted molar refractivity (Wildman–Crippen MR) is 113 cm³/mol. The van der Waals surface area contributed by atoms with E-state index in [0.29, 0.717) is 30.3 Å². The summed E-state index contributed by atoms with van der Waals surface area (Å²) in [6.45, 7) is 4.87. The van der Waals surface area contributed by atoms with Gasteiger partial charge in [0.1, 0.15) is 11.6 Å². The molecule has 0 unspecified atom stereocenters. The van der Waals surface area contributed by atoms with E-state index in [4.69, 9.17) is 4.74 Å². The lowest BCUT2D eigenvalue weighted by atomic mass is 10.1. The first-order valence-corrected chi connectivity index (χ1v) is 10.1. The maximum Gasteiger partial charge on any atom is 0.256 e. The zero-order valence-electron chi connectivity index (χ0n) is 15.9. The van der Waals surface area contributed by atoms with Gasteiger partial charge in [-0.3, -0.25) is 4.79 Å². The van der Waals surface area contributed by atoms with Crippen LogP contribution in [0.25, 0.3) is 5.69 Å². The third-order valence-electron chi connectivity index (χ3n) is 4.71. The van der Waals surface area contributed by atoms with Crippen LogP contribution in [0.5, 0.6) is 0 Å². The number of anilines is 2. The van der Waals surface area contributed by atoms with Gasteiger partial charge in [0.05, 0.1) is 30.3 Å². The minimum Gasteiger partial charge on any atom is -0.378 e. The first kappa shape index (κ1) is 19.6. The van der Waals surface area contributed by atoms with Gasteiger partial charge >= 0.3 is 0 Å². The van der Waals surface area contributed by atoms with E-state index in [1.807, 2.05) is 19.1 Å². The molecular formula is C21H20BrFN4O2. The molecule has 1 aliphatic rings. The van der Waals surface area contributed by atoms with Crippen LogP contribution in [0.2, 0.25) is 0 Å². The minimum absolute atomic E-state index is 0.248. The van der Waals surface area contributed by atoms with E-state index in [1.165, 1.54) is 12.1 Å². The highest BCUT2D eigenvalue weighted by Crippen LogP contribution is 2.28. The van der Waals surface area contributed by atoms with Gasteiger partial charge in [-0.15, -0.1) is 0 Å². The lowest BCUT2D eigenvalue weighted by molar-refractivity contribution is 0.102. The number of carbonyl (C=O) groups is 1. The summed E-state index contributed by atoms with van der Waals surface area (Å²) in [5, 5.41) is 7.30. The largest absolute Gasteiger partial charge is 0.378 e. The Labute approximate surface area is 176 Å². The average molecular weight is 459 g/mol. The molecule has 0 atom stereocenters. The van der Waals surface area contributed by atoms with Crippen LogP contribution in [-0.4, -0.2) is 42.0 Å². The van der Waals surface area contributed by atoms with E-state index in [9.17, 15) is 9.18 Å². The number of benzene rings is 2. The van der Waals surface area contributed by atoms with Gasteiger partial charge in [-0.1, -0.05) is 0 Å². The summed E-state index contributed by atoms with van der Waals surface area (Å²) in [4.78, 5) is 15.1. The number of ether oxygens (including phenoxy) is 1. The number of nitrogens with one attached hydrogen (secondary N) is 1. The summed E-state index contributed by atoms with van der Waals surface area (Å²) < 4.78 is 21.1. The van der Waals surface area contributed by atoms with Crippen molar-refractivity contribution in [2.75, 3.05) is 36.5 Å². The van der Waals surface area contributed by atoms with Crippen molar-refractivity contribution in [3.05, 3.63) is 70.1 Å². The normalized spacial score (nSPS) is 14.1. The summed E-state index contributed by atoms with van der Waals surface area (Å²) >= 11 is 3.58. The molecule has 2 heterocycles. The van der Waals surface area contributed by atoms with Gasteiger partial charge in [0.2, 0.25) is 0 Å². The van der Waals surface area contributed by atoms with Crippen molar-refractivity contribution in [3.63, 3.8) is 0 Å². The number of morpholine rings is 1. The molecule has 1 aliphatic heterocycles. The van der Waals surface area contributed by atoms with E-state index in [0.717, 1.165) is 28.9 Å². The molecular weight excluding hydrogens is 439 g/mol. The standard InChI is InChI=1S/C21H20BrFN4O2/c1-14-12-20(27(25-14)17-5-3-16(23)4-6-17)24-21(28)15-2-7-19(18(22)13-15)26-8-10-29-11-9-26/h2-7,12-13H,8-11H2,1H3,(H,24,28). The first-order valence-electron chi connectivity index (χ1n) is 9.27. The zero-order valence-corrected chi connectivity index (χ0v) is 17.4. The molecule has 0 radical (unpaired) electrons. The van der Waals surface area contributed by atoms with Crippen molar-refractivity contribution < 1.29 is 13.9 Å². The number of halogens is 2. The molecule has 1 amide bonds. The van der Waals surface area contributed by atoms with Crippen LogP contribution in [0.1, 0.15) is 16.1 Å². The molecule has 1 saturated heterocycles. The summed E-state index contributed by atoms with van der Waals surface area (Å²) in [5.74, 6) is -0.0524. The van der Waals surface area contributed by atoms with E-state index >= 15 is 0 Å². The Morgan fingerprint density at radius 2 is 1.86 bits per heavy atom. The van der Waals surface area contributed by atoms with Gasteiger partial charge < -0.3 is 15.0 Å². The maximum absolute atomic E-state index is 13.2. The molecule has 0 spiro atoms. The molecule has 29 heavy (non-hydrogen) atoms. The third-order valence-corrected chi connectivity index (χ3v) is 5.34. The number of hydrogen-bond acceptors (Lipinski definition) is 4. The van der Waals surface area contributed by atoms with Crippen molar-refractivity contribution >= 4 is 33.3 Å². The van der Waals surface area contributed by atoms with Crippen LogP contribution in [-0.2, 0) is 4.74 Å². The Hall–Kier alpha value is -2.71. The number of aromatic nitrogens is 2. The second-order valence-corrected chi connectivity index (χ2v) is 7.63. The van der Waals surface area contributed by atoms with E-state index in [-0.39, 0.29) is 11.7 Å². The molecule has 8 heteroatoms. The van der Waals surface area contributed by atoms with E-state index in [2.05, 4.69) is 31.2 Å². The van der Waals surface area contributed by atoms with Crippen LogP contribution < -0.4 is 10.2 Å². The number of amides is 1. The van der Waals surface area contributed by atoms with Gasteiger partial charge in [-0.05, 0) is 65.3 Å². The average Bonchev–Trinajstić information content (AvgIpc) is 3.09. The van der Waals surface area contributed by atoms with Crippen LogP contribution in [0, 0.1) is 12.7 Å². The number of rotatable bonds is 4. The summed E-state index contributed by atoms with van der Waals surface area (Å²) in [6.07, 6.45) is 0. The predicted octanol–water partition coefficient (Wildman–Crippen LogP) is 4.17. The fourth-order valence-electron chi connectivity index (χ4n) is 3.26. The topological polar surface area (TPSA) is 59.4 Å². The highest BCUT2D eigenvalue weighted by molar-refractivity contribution is 9.10. The molecule has 6 nitrogen and oxygen atoms in total. The fourth-order valence-corrected chi connectivity index (χ4v) is 3.89. The molecule has 4 rings (SSSR count). The Morgan fingerprint density at radius 1 is 1.14 bits per heavy atom. The molecule has 1 fully saturated rings. The van der Waals surface area contributed by atoms with E-state index < -0.39 is 0 Å². The maximum atomic E-state index is 13.2. The monoisotopic (exact) mass is 458 g/mol. The number of carbonyl (C=O) groups excluding carboxylic acids is 1. The van der Waals surface area contributed by atoms with Gasteiger partial charge in [-0.25, -0.2) is 9.07 Å². The smallest absolute Gasteiger partial charge is 0.256 e. The number of hydrogen-bond donors (Lipinski definition) is 1. The Morgan fingerprint density at radius 3 is 2.55 bits per heavy atom. The SMILES string of the molecule is Cc1cc(NC(=O)c2ccc(N3CCOCC3)c(Br)c2)n(-c2ccc(F)cc2)n1. The Bertz CT molecular complexity index is 1030. The summed E-state index contributed by atoms with van der Waals surface area (Å²) in [5.41, 5.74) is 2.97. The van der Waals surface area contributed by atoms with E-state index in [1.54, 1.807) is 28.9 Å². The van der Waals surface area contributed by atoms with Crippen LogP contribution in [0.3, 0.4) is 0 Å². The lowest BCUT2D eigenvalue weighted by Crippen LogP contribution is -2.36. The minimum atomic E-state index is -0.326. The number of aryl methyl sites for hydroxylation is 1. The molecule has 1 aromatic heterocycles. The highest BCUT2D eigenvalue weighted by atomic mass is 79.9. The van der Waals surface area contributed by atoms with Gasteiger partial charge in [0, 0.05) is 29.2 Å². The lowest BCUT2D eigenvalue weighted by Gasteiger charge is -2.29. The third kappa shape index (κ3) is 4.33. The van der Waals surface area contributed by atoms with Crippen molar-refractivity contribution in [3.8, 4) is 5.69 Å². The Kier molecular flexibility index (Phi) is 5.64. The summed E-state index contributed by atoms with van der Waals surface area (Å²) in [7, 11) is 0. The molecule has 150 valence electrons. The van der Waals surface area contributed by atoms with Crippen molar-refractivity contribution in [2.45, 2.75) is 6.92 Å². The molecule has 2 aromatic carbocycles. The second-order valence-electron chi connectivity index (χ2n) is 6.78.